The highest BCUT2D eigenvalue weighted by molar-refractivity contribution is 5.86. The van der Waals surface area contributed by atoms with E-state index in [2.05, 4.69) is 6.07 Å². The fourth-order valence-electron chi connectivity index (χ4n) is 3.34. The van der Waals surface area contributed by atoms with Crippen LogP contribution in [0.25, 0.3) is 10.9 Å². The summed E-state index contributed by atoms with van der Waals surface area (Å²) in [6.45, 7) is 1.02. The first-order valence-corrected chi connectivity index (χ1v) is 7.96. The summed E-state index contributed by atoms with van der Waals surface area (Å²) in [7, 11) is 0. The normalized spacial score (nSPS) is 17.5. The molecule has 1 fully saturated rings. The molecule has 8 heteroatoms. The third-order valence-corrected chi connectivity index (χ3v) is 4.61. The predicted octanol–water partition coefficient (Wildman–Crippen LogP) is 2.25. The minimum atomic E-state index is -1.04. The standard InChI is InChI=1S/C17H18N4O4/c18-9-12-10-19(15-4-2-1-3-14(12)15)6-5-13-11-20(16(22)23)7-8-21(13)17(24)25/h1-4,10,13H,5-8,11H2,(H,22,23)(H,24,25)/t13-/m1/s1. The van der Waals surface area contributed by atoms with Crippen LogP contribution in [0, 0.1) is 11.3 Å². The van der Waals surface area contributed by atoms with Crippen molar-refractivity contribution >= 4 is 23.1 Å². The monoisotopic (exact) mass is 342 g/mol. The van der Waals surface area contributed by atoms with Gasteiger partial charge in [-0.2, -0.15) is 5.26 Å². The van der Waals surface area contributed by atoms with Gasteiger partial charge in [-0.15, -0.1) is 0 Å². The highest BCUT2D eigenvalue weighted by atomic mass is 16.4. The Balaban J connectivity index is 1.80. The third-order valence-electron chi connectivity index (χ3n) is 4.61. The smallest absolute Gasteiger partial charge is 0.407 e. The van der Waals surface area contributed by atoms with Gasteiger partial charge < -0.3 is 24.6 Å². The first kappa shape index (κ1) is 16.6. The van der Waals surface area contributed by atoms with Gasteiger partial charge in [-0.05, 0) is 12.5 Å². The van der Waals surface area contributed by atoms with Crippen molar-refractivity contribution in [1.82, 2.24) is 14.4 Å². The van der Waals surface area contributed by atoms with Crippen LogP contribution in [0.2, 0.25) is 0 Å². The van der Waals surface area contributed by atoms with Gasteiger partial charge in [0.15, 0.2) is 0 Å². The van der Waals surface area contributed by atoms with Crippen molar-refractivity contribution in [3.63, 3.8) is 0 Å². The first-order chi connectivity index (χ1) is 12.0. The Bertz CT molecular complexity index is 854. The second-order valence-corrected chi connectivity index (χ2v) is 6.01. The Morgan fingerprint density at radius 3 is 2.64 bits per heavy atom. The van der Waals surface area contributed by atoms with Gasteiger partial charge in [0.25, 0.3) is 0 Å². The van der Waals surface area contributed by atoms with E-state index in [4.69, 9.17) is 5.11 Å². The number of hydrogen-bond donors (Lipinski definition) is 2. The average Bonchev–Trinajstić information content (AvgIpc) is 2.97. The minimum absolute atomic E-state index is 0.159. The van der Waals surface area contributed by atoms with E-state index in [0.717, 1.165) is 10.9 Å². The maximum atomic E-state index is 11.4. The van der Waals surface area contributed by atoms with Crippen LogP contribution in [-0.2, 0) is 6.54 Å². The van der Waals surface area contributed by atoms with E-state index >= 15 is 0 Å². The summed E-state index contributed by atoms with van der Waals surface area (Å²) in [6.07, 6.45) is 0.158. The number of aromatic nitrogens is 1. The van der Waals surface area contributed by atoms with Crippen molar-refractivity contribution in [2.45, 2.75) is 19.0 Å². The van der Waals surface area contributed by atoms with Crippen LogP contribution >= 0.6 is 0 Å². The molecule has 1 saturated heterocycles. The molecular weight excluding hydrogens is 324 g/mol. The Hall–Kier alpha value is -3.21. The van der Waals surface area contributed by atoms with Crippen molar-refractivity contribution in [2.24, 2.45) is 0 Å². The fraction of sp³-hybridized carbons (Fsp3) is 0.353. The maximum absolute atomic E-state index is 11.4. The first-order valence-electron chi connectivity index (χ1n) is 7.96. The van der Waals surface area contributed by atoms with Gasteiger partial charge in [0, 0.05) is 43.3 Å². The molecule has 3 rings (SSSR count). The van der Waals surface area contributed by atoms with Gasteiger partial charge in [0.1, 0.15) is 6.07 Å². The summed E-state index contributed by atoms with van der Waals surface area (Å²) in [4.78, 5) is 25.2. The molecule has 1 atom stereocenters. The Morgan fingerprint density at radius 1 is 1.20 bits per heavy atom. The number of nitrogens with zero attached hydrogens (tertiary/aromatic N) is 4. The number of hydrogen-bond acceptors (Lipinski definition) is 3. The molecule has 1 aliphatic heterocycles. The molecule has 0 spiro atoms. The van der Waals surface area contributed by atoms with E-state index in [0.29, 0.717) is 18.5 Å². The lowest BCUT2D eigenvalue weighted by Crippen LogP contribution is -2.56. The summed E-state index contributed by atoms with van der Waals surface area (Å²) in [5.74, 6) is 0. The van der Waals surface area contributed by atoms with Gasteiger partial charge in [0.05, 0.1) is 11.6 Å². The van der Waals surface area contributed by atoms with Gasteiger partial charge in [-0.3, -0.25) is 0 Å². The number of carbonyl (C=O) groups is 2. The van der Waals surface area contributed by atoms with Gasteiger partial charge in [-0.1, -0.05) is 18.2 Å². The van der Waals surface area contributed by atoms with E-state index in [1.807, 2.05) is 28.8 Å². The number of benzene rings is 1. The largest absolute Gasteiger partial charge is 0.465 e. The van der Waals surface area contributed by atoms with Crippen molar-refractivity contribution in [1.29, 1.82) is 5.26 Å². The highest BCUT2D eigenvalue weighted by Gasteiger charge is 2.32. The summed E-state index contributed by atoms with van der Waals surface area (Å²) in [5, 5.41) is 28.6. The zero-order valence-corrected chi connectivity index (χ0v) is 13.5. The molecule has 2 amide bonds. The summed E-state index contributed by atoms with van der Waals surface area (Å²) < 4.78 is 1.92. The molecule has 0 saturated carbocycles. The Morgan fingerprint density at radius 2 is 1.96 bits per heavy atom. The molecule has 0 bridgehead atoms. The van der Waals surface area contributed by atoms with E-state index in [-0.39, 0.29) is 19.6 Å². The lowest BCUT2D eigenvalue weighted by Gasteiger charge is -2.38. The van der Waals surface area contributed by atoms with Gasteiger partial charge >= 0.3 is 12.2 Å². The molecular formula is C17H18N4O4. The number of carboxylic acid groups (broad SMARTS) is 2. The van der Waals surface area contributed by atoms with Crippen molar-refractivity contribution < 1.29 is 19.8 Å². The summed E-state index contributed by atoms with van der Waals surface area (Å²) >= 11 is 0. The maximum Gasteiger partial charge on any atom is 0.407 e. The molecule has 25 heavy (non-hydrogen) atoms. The van der Waals surface area contributed by atoms with E-state index in [1.165, 1.54) is 9.80 Å². The lowest BCUT2D eigenvalue weighted by atomic mass is 10.1. The second-order valence-electron chi connectivity index (χ2n) is 6.01. The van der Waals surface area contributed by atoms with Gasteiger partial charge in [0.2, 0.25) is 0 Å². The number of rotatable bonds is 3. The van der Waals surface area contributed by atoms with E-state index < -0.39 is 18.2 Å². The van der Waals surface area contributed by atoms with Crippen LogP contribution < -0.4 is 0 Å². The Kier molecular flexibility index (Phi) is 4.48. The van der Waals surface area contributed by atoms with Crippen LogP contribution in [0.1, 0.15) is 12.0 Å². The SMILES string of the molecule is N#Cc1cn(CC[C@@H]2CN(C(=O)O)CCN2C(=O)O)c2ccccc12. The number of amides is 2. The molecule has 2 aromatic rings. The third kappa shape index (κ3) is 3.21. The fourth-order valence-corrected chi connectivity index (χ4v) is 3.34. The van der Waals surface area contributed by atoms with Crippen LogP contribution in [0.4, 0.5) is 9.59 Å². The molecule has 2 N–H and O–H groups in total. The Labute approximate surface area is 144 Å². The molecule has 1 aliphatic rings. The highest BCUT2D eigenvalue weighted by Crippen LogP contribution is 2.22. The van der Waals surface area contributed by atoms with Crippen LogP contribution in [0.5, 0.6) is 0 Å². The van der Waals surface area contributed by atoms with Crippen LogP contribution in [0.3, 0.4) is 0 Å². The summed E-state index contributed by atoms with van der Waals surface area (Å²) in [5.41, 5.74) is 1.48. The zero-order valence-electron chi connectivity index (χ0n) is 13.5. The van der Waals surface area contributed by atoms with E-state index in [1.54, 1.807) is 6.20 Å². The number of fused-ring (bicyclic) bond motifs is 1. The molecule has 2 heterocycles. The van der Waals surface area contributed by atoms with E-state index in [9.17, 15) is 20.0 Å². The molecule has 0 aliphatic carbocycles. The van der Waals surface area contributed by atoms with Crippen molar-refractivity contribution in [3.05, 3.63) is 36.0 Å². The molecule has 1 aromatic heterocycles. The minimum Gasteiger partial charge on any atom is -0.465 e. The number of piperazine rings is 1. The molecule has 130 valence electrons. The quantitative estimate of drug-likeness (QED) is 0.889. The molecule has 0 unspecified atom stereocenters. The average molecular weight is 342 g/mol. The van der Waals surface area contributed by atoms with Crippen LogP contribution in [-0.4, -0.2) is 62.4 Å². The molecule has 1 aromatic carbocycles. The van der Waals surface area contributed by atoms with Gasteiger partial charge in [-0.25, -0.2) is 9.59 Å². The predicted molar refractivity (Wildman–Crippen MR) is 89.4 cm³/mol. The lowest BCUT2D eigenvalue weighted by molar-refractivity contribution is 0.0598. The zero-order chi connectivity index (χ0) is 18.0. The second kappa shape index (κ2) is 6.73. The number of aryl methyl sites for hydroxylation is 1. The van der Waals surface area contributed by atoms with Crippen molar-refractivity contribution in [2.75, 3.05) is 19.6 Å². The topological polar surface area (TPSA) is 110 Å². The van der Waals surface area contributed by atoms with Crippen molar-refractivity contribution in [3.8, 4) is 6.07 Å². The molecule has 0 radical (unpaired) electrons. The number of nitriles is 1. The number of para-hydroxylation sites is 1. The molecule has 8 nitrogen and oxygen atoms in total. The summed E-state index contributed by atoms with van der Waals surface area (Å²) in [6, 6.07) is 9.30. The van der Waals surface area contributed by atoms with Crippen LogP contribution in [0.15, 0.2) is 30.5 Å².